The van der Waals surface area contributed by atoms with Gasteiger partial charge in [0.05, 0.1) is 14.2 Å². The van der Waals surface area contributed by atoms with Crippen molar-refractivity contribution in [3.05, 3.63) is 146 Å². The van der Waals surface area contributed by atoms with E-state index in [2.05, 4.69) is 133 Å². The van der Waals surface area contributed by atoms with Gasteiger partial charge in [-0.1, -0.05) is 121 Å². The molecule has 2 heteroatoms. The Kier molecular flexibility index (Phi) is 7.15. The quantitative estimate of drug-likeness (QED) is 0.209. The molecule has 0 aliphatic carbocycles. The molecule has 0 aliphatic rings. The number of methoxy groups -OCH3 is 2. The third kappa shape index (κ3) is 4.88. The molecule has 2 nitrogen and oxygen atoms in total. The summed E-state index contributed by atoms with van der Waals surface area (Å²) in [6.45, 7) is 0. The molecule has 0 bridgehead atoms. The number of rotatable bonds is 7. The molecule has 0 heterocycles. The molecule has 0 fully saturated rings. The van der Waals surface area contributed by atoms with Gasteiger partial charge in [0, 0.05) is 11.1 Å². The van der Waals surface area contributed by atoms with Gasteiger partial charge >= 0.3 is 0 Å². The minimum absolute atomic E-state index is 0.843. The SMILES string of the molecule is COc1ccc(-c2ccc(OC)c(-c3ccccc3-c3ccccc3)c2)cc1-c1ccccc1-c1ccccc1. The van der Waals surface area contributed by atoms with E-state index >= 15 is 0 Å². The Morgan fingerprint density at radius 2 is 0.650 bits per heavy atom. The molecule has 0 radical (unpaired) electrons. The van der Waals surface area contributed by atoms with Crippen LogP contribution in [0.1, 0.15) is 0 Å². The van der Waals surface area contributed by atoms with Crippen molar-refractivity contribution >= 4 is 0 Å². The fourth-order valence-electron chi connectivity index (χ4n) is 5.37. The molecule has 0 aromatic heterocycles. The lowest BCUT2D eigenvalue weighted by Gasteiger charge is -2.17. The average Bonchev–Trinajstić information content (AvgIpc) is 3.05. The van der Waals surface area contributed by atoms with Crippen LogP contribution in [0.3, 0.4) is 0 Å². The summed E-state index contributed by atoms with van der Waals surface area (Å²) in [5.41, 5.74) is 11.3. The largest absolute Gasteiger partial charge is 0.496 e. The fourth-order valence-corrected chi connectivity index (χ4v) is 5.37. The van der Waals surface area contributed by atoms with Gasteiger partial charge in [-0.05, 0) is 68.8 Å². The van der Waals surface area contributed by atoms with E-state index < -0.39 is 0 Å². The summed E-state index contributed by atoms with van der Waals surface area (Å²) in [5.74, 6) is 1.69. The van der Waals surface area contributed by atoms with Crippen LogP contribution in [-0.4, -0.2) is 14.2 Å². The first-order chi connectivity index (χ1) is 19.8. The zero-order chi connectivity index (χ0) is 27.3. The van der Waals surface area contributed by atoms with E-state index in [9.17, 15) is 0 Å². The zero-order valence-corrected chi connectivity index (χ0v) is 22.7. The second-order valence-electron chi connectivity index (χ2n) is 9.65. The van der Waals surface area contributed by atoms with E-state index in [0.717, 1.165) is 44.9 Å². The van der Waals surface area contributed by atoms with E-state index in [1.807, 2.05) is 12.1 Å². The number of hydrogen-bond donors (Lipinski definition) is 0. The number of ether oxygens (including phenoxy) is 2. The smallest absolute Gasteiger partial charge is 0.126 e. The molecule has 6 aromatic carbocycles. The molecule has 194 valence electrons. The van der Waals surface area contributed by atoms with Crippen molar-refractivity contribution in [1.82, 2.24) is 0 Å². The fraction of sp³-hybridized carbons (Fsp3) is 0.0526. The molecule has 0 N–H and O–H groups in total. The van der Waals surface area contributed by atoms with Crippen LogP contribution in [0, 0.1) is 0 Å². The summed E-state index contributed by atoms with van der Waals surface area (Å²) in [4.78, 5) is 0. The first-order valence-electron chi connectivity index (χ1n) is 13.4. The van der Waals surface area contributed by atoms with Gasteiger partial charge in [-0.3, -0.25) is 0 Å². The second kappa shape index (κ2) is 11.3. The maximum absolute atomic E-state index is 5.86. The van der Waals surface area contributed by atoms with Crippen LogP contribution in [-0.2, 0) is 0 Å². The lowest BCUT2D eigenvalue weighted by molar-refractivity contribution is 0.416. The summed E-state index contributed by atoms with van der Waals surface area (Å²) in [7, 11) is 3.46. The third-order valence-electron chi connectivity index (χ3n) is 7.34. The normalized spacial score (nSPS) is 10.8. The Bertz CT molecular complexity index is 1620. The molecule has 0 spiro atoms. The van der Waals surface area contributed by atoms with Crippen LogP contribution in [0.4, 0.5) is 0 Å². The second-order valence-corrected chi connectivity index (χ2v) is 9.65. The first-order valence-corrected chi connectivity index (χ1v) is 13.4. The standard InChI is InChI=1S/C38H30O2/c1-39-37-23-21-29(25-35(37)33-19-11-9-17-31(33)27-13-5-3-6-14-27)30-22-24-38(40-2)36(26-30)34-20-12-10-18-32(34)28-15-7-4-8-16-28/h3-26H,1-2H3. The van der Waals surface area contributed by atoms with Crippen molar-refractivity contribution in [2.75, 3.05) is 14.2 Å². The Hall–Kier alpha value is -5.08. The summed E-state index contributed by atoms with van der Waals surface area (Å²) >= 11 is 0. The van der Waals surface area contributed by atoms with Gasteiger partial charge in [0.15, 0.2) is 0 Å². The van der Waals surface area contributed by atoms with Crippen LogP contribution < -0.4 is 9.47 Å². The van der Waals surface area contributed by atoms with Gasteiger partial charge in [-0.2, -0.15) is 0 Å². The summed E-state index contributed by atoms with van der Waals surface area (Å²) in [5, 5.41) is 0. The Morgan fingerprint density at radius 1 is 0.300 bits per heavy atom. The van der Waals surface area contributed by atoms with Gasteiger partial charge in [-0.15, -0.1) is 0 Å². The summed E-state index contributed by atoms with van der Waals surface area (Å²) in [6.07, 6.45) is 0. The highest BCUT2D eigenvalue weighted by Gasteiger charge is 2.16. The highest BCUT2D eigenvalue weighted by molar-refractivity contribution is 5.91. The minimum Gasteiger partial charge on any atom is -0.496 e. The van der Waals surface area contributed by atoms with E-state index in [0.29, 0.717) is 0 Å². The van der Waals surface area contributed by atoms with Gasteiger partial charge in [0.2, 0.25) is 0 Å². The first kappa shape index (κ1) is 25.2. The highest BCUT2D eigenvalue weighted by Crippen LogP contribution is 2.42. The van der Waals surface area contributed by atoms with Crippen molar-refractivity contribution in [2.24, 2.45) is 0 Å². The Balaban J connectivity index is 1.50. The van der Waals surface area contributed by atoms with Crippen LogP contribution in [0.5, 0.6) is 11.5 Å². The predicted molar refractivity (Wildman–Crippen MR) is 167 cm³/mol. The summed E-state index contributed by atoms with van der Waals surface area (Å²) < 4.78 is 11.7. The van der Waals surface area contributed by atoms with Crippen LogP contribution in [0.15, 0.2) is 146 Å². The average molecular weight is 519 g/mol. The number of hydrogen-bond acceptors (Lipinski definition) is 2. The minimum atomic E-state index is 0.843. The molecule has 0 atom stereocenters. The molecule has 0 amide bonds. The van der Waals surface area contributed by atoms with Crippen molar-refractivity contribution in [3.63, 3.8) is 0 Å². The monoisotopic (exact) mass is 518 g/mol. The maximum Gasteiger partial charge on any atom is 0.126 e. The van der Waals surface area contributed by atoms with Gasteiger partial charge < -0.3 is 9.47 Å². The van der Waals surface area contributed by atoms with E-state index in [-0.39, 0.29) is 0 Å². The predicted octanol–water partition coefficient (Wildman–Crippen LogP) is 10.0. The van der Waals surface area contributed by atoms with Crippen molar-refractivity contribution < 1.29 is 9.47 Å². The molecule has 6 rings (SSSR count). The van der Waals surface area contributed by atoms with Crippen LogP contribution in [0.25, 0.3) is 55.6 Å². The highest BCUT2D eigenvalue weighted by atomic mass is 16.5. The van der Waals surface area contributed by atoms with E-state index in [4.69, 9.17) is 9.47 Å². The molecule has 0 saturated carbocycles. The van der Waals surface area contributed by atoms with E-state index in [1.165, 1.54) is 22.3 Å². The van der Waals surface area contributed by atoms with Crippen molar-refractivity contribution in [3.8, 4) is 67.1 Å². The topological polar surface area (TPSA) is 18.5 Å². The molecular weight excluding hydrogens is 488 g/mol. The lowest BCUT2D eigenvalue weighted by Crippen LogP contribution is -1.93. The van der Waals surface area contributed by atoms with Gasteiger partial charge in [-0.25, -0.2) is 0 Å². The Labute approximate surface area is 236 Å². The molecule has 0 aliphatic heterocycles. The zero-order valence-electron chi connectivity index (χ0n) is 22.7. The molecule has 0 saturated heterocycles. The molecular formula is C38H30O2. The van der Waals surface area contributed by atoms with Gasteiger partial charge in [0.1, 0.15) is 11.5 Å². The van der Waals surface area contributed by atoms with Crippen LogP contribution in [0.2, 0.25) is 0 Å². The van der Waals surface area contributed by atoms with Crippen molar-refractivity contribution in [1.29, 1.82) is 0 Å². The number of benzene rings is 6. The maximum atomic E-state index is 5.86. The molecule has 6 aromatic rings. The van der Waals surface area contributed by atoms with Crippen molar-refractivity contribution in [2.45, 2.75) is 0 Å². The van der Waals surface area contributed by atoms with Crippen LogP contribution >= 0.6 is 0 Å². The van der Waals surface area contributed by atoms with Gasteiger partial charge in [0.25, 0.3) is 0 Å². The molecule has 40 heavy (non-hydrogen) atoms. The third-order valence-corrected chi connectivity index (χ3v) is 7.34. The Morgan fingerprint density at radius 3 is 1.02 bits per heavy atom. The lowest BCUT2D eigenvalue weighted by atomic mass is 9.90. The van der Waals surface area contributed by atoms with E-state index in [1.54, 1.807) is 14.2 Å². The summed E-state index contributed by atoms with van der Waals surface area (Å²) in [6, 6.07) is 50.8. The molecule has 0 unspecified atom stereocenters.